The van der Waals surface area contributed by atoms with E-state index in [1.807, 2.05) is 11.9 Å². The summed E-state index contributed by atoms with van der Waals surface area (Å²) in [4.78, 5) is 6.52. The van der Waals surface area contributed by atoms with Crippen molar-refractivity contribution in [2.45, 2.75) is 36.3 Å². The number of anilines is 1. The maximum Gasteiger partial charge on any atom is 0.243 e. The first-order chi connectivity index (χ1) is 11.0. The second-order valence-electron chi connectivity index (χ2n) is 6.34. The van der Waals surface area contributed by atoms with Crippen molar-refractivity contribution < 1.29 is 13.5 Å². The van der Waals surface area contributed by atoms with E-state index in [9.17, 15) is 13.5 Å². The van der Waals surface area contributed by atoms with Gasteiger partial charge in [-0.25, -0.2) is 13.4 Å². The molecule has 1 aromatic heterocycles. The topological polar surface area (TPSA) is 85.8 Å². The largest absolute Gasteiger partial charge is 0.392 e. The van der Waals surface area contributed by atoms with Crippen LogP contribution >= 0.6 is 0 Å². The predicted octanol–water partition coefficient (Wildman–Crippen LogP) is 0.0251. The van der Waals surface area contributed by atoms with Gasteiger partial charge < -0.3 is 15.3 Å². The van der Waals surface area contributed by atoms with Gasteiger partial charge in [0.15, 0.2) is 0 Å². The molecule has 3 rings (SSSR count). The molecule has 2 aliphatic heterocycles. The van der Waals surface area contributed by atoms with Gasteiger partial charge in [0, 0.05) is 51.5 Å². The third-order valence-corrected chi connectivity index (χ3v) is 6.40. The lowest BCUT2D eigenvalue weighted by Gasteiger charge is -2.23. The first-order valence-electron chi connectivity index (χ1n) is 8.05. The van der Waals surface area contributed by atoms with Crippen molar-refractivity contribution in [3.63, 3.8) is 0 Å². The van der Waals surface area contributed by atoms with Crippen LogP contribution in [0, 0.1) is 0 Å². The van der Waals surface area contributed by atoms with Gasteiger partial charge in [0.1, 0.15) is 5.82 Å². The number of pyridine rings is 1. The van der Waals surface area contributed by atoms with E-state index < -0.39 is 10.0 Å². The Morgan fingerprint density at radius 2 is 2.17 bits per heavy atom. The van der Waals surface area contributed by atoms with Gasteiger partial charge in [-0.15, -0.1) is 0 Å². The molecule has 23 heavy (non-hydrogen) atoms. The van der Waals surface area contributed by atoms with Gasteiger partial charge in [-0.05, 0) is 25.3 Å². The standard InChI is InChI=1S/C15H24N4O3S/c1-18(11-12-8-13(20)10-17-12)15-9-14(4-5-16-15)23(21,22)19-6-2-3-7-19/h4-5,9,12-13,17,20H,2-3,6-8,10-11H2,1H3/t12-,13+/m0/s1. The Morgan fingerprint density at radius 3 is 2.83 bits per heavy atom. The highest BCUT2D eigenvalue weighted by Gasteiger charge is 2.28. The number of nitrogens with zero attached hydrogens (tertiary/aromatic N) is 3. The highest BCUT2D eigenvalue weighted by atomic mass is 32.2. The molecule has 3 heterocycles. The first-order valence-corrected chi connectivity index (χ1v) is 9.49. The van der Waals surface area contributed by atoms with E-state index in [1.165, 1.54) is 0 Å². The van der Waals surface area contributed by atoms with E-state index >= 15 is 0 Å². The summed E-state index contributed by atoms with van der Waals surface area (Å²) in [7, 11) is -1.53. The fourth-order valence-electron chi connectivity index (χ4n) is 3.21. The first kappa shape index (κ1) is 16.6. The van der Waals surface area contributed by atoms with Gasteiger partial charge in [-0.1, -0.05) is 0 Å². The maximum atomic E-state index is 12.6. The monoisotopic (exact) mass is 340 g/mol. The lowest BCUT2D eigenvalue weighted by molar-refractivity contribution is 0.193. The molecule has 0 amide bonds. The number of sulfonamides is 1. The van der Waals surface area contributed by atoms with Crippen LogP contribution in [0.1, 0.15) is 19.3 Å². The van der Waals surface area contributed by atoms with Crippen molar-refractivity contribution in [2.75, 3.05) is 38.1 Å². The number of aliphatic hydroxyl groups excluding tert-OH is 1. The molecule has 2 N–H and O–H groups in total. The molecule has 0 unspecified atom stereocenters. The summed E-state index contributed by atoms with van der Waals surface area (Å²) < 4.78 is 26.8. The quantitative estimate of drug-likeness (QED) is 0.786. The summed E-state index contributed by atoms with van der Waals surface area (Å²) in [5.74, 6) is 0.633. The Hall–Kier alpha value is -1.22. The molecule has 0 saturated carbocycles. The maximum absolute atomic E-state index is 12.6. The number of β-amino-alcohol motifs (C(OH)–C–C–N with tert-alkyl or cyclic N) is 1. The van der Waals surface area contributed by atoms with Gasteiger partial charge >= 0.3 is 0 Å². The van der Waals surface area contributed by atoms with Gasteiger partial charge in [0.2, 0.25) is 10.0 Å². The molecule has 1 aromatic rings. The molecule has 7 nitrogen and oxygen atoms in total. The molecule has 8 heteroatoms. The van der Waals surface area contributed by atoms with Crippen LogP contribution < -0.4 is 10.2 Å². The molecule has 2 atom stereocenters. The third-order valence-electron chi connectivity index (χ3n) is 4.50. The van der Waals surface area contributed by atoms with E-state index in [0.29, 0.717) is 43.3 Å². The summed E-state index contributed by atoms with van der Waals surface area (Å²) >= 11 is 0. The zero-order chi connectivity index (χ0) is 16.4. The lowest BCUT2D eigenvalue weighted by atomic mass is 10.2. The number of rotatable bonds is 5. The Kier molecular flexibility index (Phi) is 4.86. The average Bonchev–Trinajstić information content (AvgIpc) is 3.19. The number of nitrogens with one attached hydrogen (secondary N) is 1. The molecule has 0 radical (unpaired) electrons. The minimum absolute atomic E-state index is 0.190. The van der Waals surface area contributed by atoms with Crippen molar-refractivity contribution in [1.29, 1.82) is 0 Å². The SMILES string of the molecule is CN(C[C@@H]1C[C@@H](O)CN1)c1cc(S(=O)(=O)N2CCCC2)ccn1. The van der Waals surface area contributed by atoms with Crippen LogP contribution in [0.4, 0.5) is 5.82 Å². The van der Waals surface area contributed by atoms with Crippen LogP contribution in [0.15, 0.2) is 23.2 Å². The van der Waals surface area contributed by atoms with E-state index in [1.54, 1.807) is 22.6 Å². The fourth-order valence-corrected chi connectivity index (χ4v) is 4.73. The predicted molar refractivity (Wildman–Crippen MR) is 87.9 cm³/mol. The molecule has 0 aromatic carbocycles. The van der Waals surface area contributed by atoms with Crippen LogP contribution in [0.25, 0.3) is 0 Å². The van der Waals surface area contributed by atoms with Crippen LogP contribution in [0.2, 0.25) is 0 Å². The van der Waals surface area contributed by atoms with Gasteiger partial charge in [-0.3, -0.25) is 0 Å². The summed E-state index contributed by atoms with van der Waals surface area (Å²) in [6, 6.07) is 3.39. The number of aromatic nitrogens is 1. The molecular formula is C15H24N4O3S. The molecule has 128 valence electrons. The molecule has 0 aliphatic carbocycles. The highest BCUT2D eigenvalue weighted by Crippen LogP contribution is 2.23. The minimum atomic E-state index is -3.42. The Bertz CT molecular complexity index is 646. The molecule has 0 bridgehead atoms. The van der Waals surface area contributed by atoms with Crippen LogP contribution in [-0.2, 0) is 10.0 Å². The van der Waals surface area contributed by atoms with Crippen molar-refractivity contribution in [3.8, 4) is 0 Å². The van der Waals surface area contributed by atoms with Crippen molar-refractivity contribution >= 4 is 15.8 Å². The summed E-state index contributed by atoms with van der Waals surface area (Å²) in [6.45, 7) is 2.48. The van der Waals surface area contributed by atoms with Crippen molar-refractivity contribution in [3.05, 3.63) is 18.3 Å². The normalized spacial score (nSPS) is 25.8. The molecule has 2 saturated heterocycles. The third kappa shape index (κ3) is 3.65. The number of aliphatic hydroxyl groups is 1. The second kappa shape index (κ2) is 6.72. The minimum Gasteiger partial charge on any atom is -0.392 e. The molecular weight excluding hydrogens is 316 g/mol. The molecule has 2 fully saturated rings. The second-order valence-corrected chi connectivity index (χ2v) is 8.27. The average molecular weight is 340 g/mol. The van der Waals surface area contributed by atoms with Gasteiger partial charge in [0.05, 0.1) is 11.0 Å². The lowest BCUT2D eigenvalue weighted by Crippen LogP contribution is -2.35. The van der Waals surface area contributed by atoms with Crippen LogP contribution in [0.3, 0.4) is 0 Å². The van der Waals surface area contributed by atoms with Gasteiger partial charge in [0.25, 0.3) is 0 Å². The number of hydrogen-bond donors (Lipinski definition) is 2. The molecule has 2 aliphatic rings. The summed E-state index contributed by atoms with van der Waals surface area (Å²) in [6.07, 6.45) is 3.80. The van der Waals surface area contributed by atoms with Gasteiger partial charge in [-0.2, -0.15) is 4.31 Å². The van der Waals surface area contributed by atoms with Crippen molar-refractivity contribution in [2.24, 2.45) is 0 Å². The summed E-state index contributed by atoms with van der Waals surface area (Å²) in [5.41, 5.74) is 0. The van der Waals surface area contributed by atoms with E-state index in [2.05, 4.69) is 10.3 Å². The Labute approximate surface area is 137 Å². The van der Waals surface area contributed by atoms with E-state index in [4.69, 9.17) is 0 Å². The zero-order valence-corrected chi connectivity index (χ0v) is 14.2. The zero-order valence-electron chi connectivity index (χ0n) is 13.4. The Balaban J connectivity index is 1.74. The number of likely N-dealkylation sites (N-methyl/N-ethyl adjacent to an activating group) is 1. The fraction of sp³-hybridized carbons (Fsp3) is 0.667. The van der Waals surface area contributed by atoms with E-state index in [0.717, 1.165) is 12.8 Å². The van der Waals surface area contributed by atoms with Crippen LogP contribution in [0.5, 0.6) is 0 Å². The molecule has 0 spiro atoms. The highest BCUT2D eigenvalue weighted by molar-refractivity contribution is 7.89. The number of hydrogen-bond acceptors (Lipinski definition) is 6. The van der Waals surface area contributed by atoms with E-state index in [-0.39, 0.29) is 12.1 Å². The summed E-state index contributed by atoms with van der Waals surface area (Å²) in [5, 5.41) is 12.8. The Morgan fingerprint density at radius 1 is 1.43 bits per heavy atom. The smallest absolute Gasteiger partial charge is 0.243 e. The van der Waals surface area contributed by atoms with Crippen molar-refractivity contribution in [1.82, 2.24) is 14.6 Å². The van der Waals surface area contributed by atoms with Crippen LogP contribution in [-0.4, -0.2) is 68.2 Å².